The lowest BCUT2D eigenvalue weighted by Gasteiger charge is -2.04. The summed E-state index contributed by atoms with van der Waals surface area (Å²) in [5, 5.41) is 2.55. The van der Waals surface area contributed by atoms with Crippen LogP contribution in [0.15, 0.2) is 30.3 Å². The maximum absolute atomic E-state index is 10.9. The Morgan fingerprint density at radius 2 is 2.00 bits per heavy atom. The van der Waals surface area contributed by atoms with Crippen LogP contribution in [0.1, 0.15) is 12.5 Å². The van der Waals surface area contributed by atoms with Crippen molar-refractivity contribution in [3.63, 3.8) is 0 Å². The Labute approximate surface area is 89.9 Å². The average Bonchev–Trinajstić information content (AvgIpc) is 2.17. The summed E-state index contributed by atoms with van der Waals surface area (Å²) >= 11 is 0. The molecule has 0 saturated carbocycles. The smallest absolute Gasteiger partial charge is 0.407 e. The van der Waals surface area contributed by atoms with Crippen molar-refractivity contribution >= 4 is 18.5 Å². The van der Waals surface area contributed by atoms with Gasteiger partial charge < -0.3 is 10.1 Å². The first-order valence-electron chi connectivity index (χ1n) is 4.27. The summed E-state index contributed by atoms with van der Waals surface area (Å²) in [6, 6.07) is 9.58. The zero-order valence-corrected chi connectivity index (χ0v) is 8.84. The molecule has 3 nitrogen and oxygen atoms in total. The van der Waals surface area contributed by atoms with E-state index in [4.69, 9.17) is 4.74 Å². The summed E-state index contributed by atoms with van der Waals surface area (Å²) in [7, 11) is 0. The van der Waals surface area contributed by atoms with E-state index in [2.05, 4.69) is 5.32 Å². The van der Waals surface area contributed by atoms with E-state index in [1.165, 1.54) is 0 Å². The molecule has 1 aromatic carbocycles. The third kappa shape index (κ3) is 4.72. The number of alkyl carbamates (subject to hydrolysis) is 1. The Kier molecular flexibility index (Phi) is 6.58. The summed E-state index contributed by atoms with van der Waals surface area (Å²) < 4.78 is 4.92. The molecule has 0 spiro atoms. The predicted octanol–water partition coefficient (Wildman–Crippen LogP) is 2.35. The number of carbonyl (C=O) groups excluding carboxylic acids is 1. The minimum absolute atomic E-state index is 0. The molecular formula is C10H14ClNO2. The van der Waals surface area contributed by atoms with E-state index in [0.29, 0.717) is 13.2 Å². The van der Waals surface area contributed by atoms with Gasteiger partial charge in [-0.2, -0.15) is 0 Å². The van der Waals surface area contributed by atoms with Crippen LogP contribution in [0.25, 0.3) is 0 Å². The van der Waals surface area contributed by atoms with Crippen LogP contribution < -0.4 is 5.32 Å². The molecule has 78 valence electrons. The fourth-order valence-electron chi connectivity index (χ4n) is 0.918. The molecule has 14 heavy (non-hydrogen) atoms. The summed E-state index contributed by atoms with van der Waals surface area (Å²) in [6.45, 7) is 2.77. The molecule has 1 amide bonds. The lowest BCUT2D eigenvalue weighted by Crippen LogP contribution is -2.23. The molecule has 0 heterocycles. The van der Waals surface area contributed by atoms with Gasteiger partial charge in [-0.25, -0.2) is 4.79 Å². The number of benzene rings is 1. The van der Waals surface area contributed by atoms with Crippen molar-refractivity contribution in [2.75, 3.05) is 6.54 Å². The van der Waals surface area contributed by atoms with Gasteiger partial charge >= 0.3 is 6.09 Å². The number of carbonyl (C=O) groups is 1. The highest BCUT2D eigenvalue weighted by molar-refractivity contribution is 5.85. The quantitative estimate of drug-likeness (QED) is 0.841. The summed E-state index contributed by atoms with van der Waals surface area (Å²) in [5.74, 6) is 0. The molecule has 0 atom stereocenters. The maximum Gasteiger partial charge on any atom is 0.407 e. The molecule has 1 aromatic rings. The summed E-state index contributed by atoms with van der Waals surface area (Å²) in [5.41, 5.74) is 0.994. The standard InChI is InChI=1S/C10H13NO2.ClH/c1-2-11-10(12)13-8-9-6-4-3-5-7-9;/h3-7H,2,8H2,1H3,(H,11,12);1H. The Hall–Kier alpha value is -1.22. The molecule has 0 aliphatic heterocycles. The van der Waals surface area contributed by atoms with Crippen LogP contribution in [-0.4, -0.2) is 12.6 Å². The molecule has 1 N–H and O–H groups in total. The van der Waals surface area contributed by atoms with Gasteiger partial charge in [-0.05, 0) is 12.5 Å². The van der Waals surface area contributed by atoms with E-state index in [-0.39, 0.29) is 18.5 Å². The van der Waals surface area contributed by atoms with Crippen LogP contribution in [0.3, 0.4) is 0 Å². The van der Waals surface area contributed by atoms with Crippen molar-refractivity contribution in [3.8, 4) is 0 Å². The van der Waals surface area contributed by atoms with Crippen molar-refractivity contribution in [1.82, 2.24) is 5.32 Å². The molecule has 0 aliphatic rings. The third-order valence-corrected chi connectivity index (χ3v) is 1.53. The highest BCUT2D eigenvalue weighted by Gasteiger charge is 1.98. The highest BCUT2D eigenvalue weighted by Crippen LogP contribution is 1.99. The number of hydrogen-bond acceptors (Lipinski definition) is 2. The predicted molar refractivity (Wildman–Crippen MR) is 57.6 cm³/mol. The van der Waals surface area contributed by atoms with Crippen LogP contribution in [0.5, 0.6) is 0 Å². The largest absolute Gasteiger partial charge is 0.445 e. The fourth-order valence-corrected chi connectivity index (χ4v) is 0.918. The zero-order chi connectivity index (χ0) is 9.52. The first-order chi connectivity index (χ1) is 6.33. The molecule has 0 fully saturated rings. The van der Waals surface area contributed by atoms with Crippen molar-refractivity contribution in [2.24, 2.45) is 0 Å². The van der Waals surface area contributed by atoms with Crippen molar-refractivity contribution in [1.29, 1.82) is 0 Å². The van der Waals surface area contributed by atoms with E-state index in [9.17, 15) is 4.79 Å². The van der Waals surface area contributed by atoms with E-state index in [1.807, 2.05) is 37.3 Å². The van der Waals surface area contributed by atoms with Crippen LogP contribution >= 0.6 is 12.4 Å². The minimum atomic E-state index is -0.369. The molecule has 0 aliphatic carbocycles. The van der Waals surface area contributed by atoms with Crippen LogP contribution in [0.4, 0.5) is 4.79 Å². The number of halogens is 1. The SMILES string of the molecule is CCNC(=O)OCc1ccccc1.Cl. The van der Waals surface area contributed by atoms with Gasteiger partial charge in [0.15, 0.2) is 0 Å². The highest BCUT2D eigenvalue weighted by atomic mass is 35.5. The van der Waals surface area contributed by atoms with Gasteiger partial charge in [-0.15, -0.1) is 12.4 Å². The Morgan fingerprint density at radius 1 is 1.36 bits per heavy atom. The van der Waals surface area contributed by atoms with Crippen molar-refractivity contribution < 1.29 is 9.53 Å². The molecule has 0 saturated heterocycles. The number of nitrogens with one attached hydrogen (secondary N) is 1. The number of ether oxygens (including phenoxy) is 1. The van der Waals surface area contributed by atoms with Crippen LogP contribution in [0, 0.1) is 0 Å². The lowest BCUT2D eigenvalue weighted by atomic mass is 10.2. The van der Waals surface area contributed by atoms with Crippen molar-refractivity contribution in [3.05, 3.63) is 35.9 Å². The van der Waals surface area contributed by atoms with Gasteiger partial charge in [0.25, 0.3) is 0 Å². The molecule has 0 bridgehead atoms. The Balaban J connectivity index is 0.00000169. The monoisotopic (exact) mass is 215 g/mol. The van der Waals surface area contributed by atoms with E-state index in [0.717, 1.165) is 5.56 Å². The minimum Gasteiger partial charge on any atom is -0.445 e. The van der Waals surface area contributed by atoms with Gasteiger partial charge in [0.2, 0.25) is 0 Å². The number of amides is 1. The molecule has 0 unspecified atom stereocenters. The second-order valence-corrected chi connectivity index (χ2v) is 2.59. The second kappa shape index (κ2) is 7.21. The van der Waals surface area contributed by atoms with Crippen molar-refractivity contribution in [2.45, 2.75) is 13.5 Å². The normalized spacial score (nSPS) is 8.64. The van der Waals surface area contributed by atoms with Gasteiger partial charge in [0.1, 0.15) is 6.61 Å². The van der Waals surface area contributed by atoms with Gasteiger partial charge in [0.05, 0.1) is 0 Å². The summed E-state index contributed by atoms with van der Waals surface area (Å²) in [6.07, 6.45) is -0.369. The topological polar surface area (TPSA) is 38.3 Å². The van der Waals surface area contributed by atoms with E-state index >= 15 is 0 Å². The van der Waals surface area contributed by atoms with Gasteiger partial charge in [-0.1, -0.05) is 30.3 Å². The third-order valence-electron chi connectivity index (χ3n) is 1.53. The van der Waals surface area contributed by atoms with E-state index < -0.39 is 0 Å². The fraction of sp³-hybridized carbons (Fsp3) is 0.300. The zero-order valence-electron chi connectivity index (χ0n) is 8.03. The number of rotatable bonds is 3. The molecule has 1 rings (SSSR count). The lowest BCUT2D eigenvalue weighted by molar-refractivity contribution is 0.140. The first kappa shape index (κ1) is 12.8. The first-order valence-corrected chi connectivity index (χ1v) is 4.27. The average molecular weight is 216 g/mol. The van der Waals surface area contributed by atoms with Crippen LogP contribution in [0.2, 0.25) is 0 Å². The molecule has 0 aromatic heterocycles. The summed E-state index contributed by atoms with van der Waals surface area (Å²) in [4.78, 5) is 10.9. The van der Waals surface area contributed by atoms with Gasteiger partial charge in [0, 0.05) is 6.54 Å². The Bertz CT molecular complexity index is 264. The molecule has 4 heteroatoms. The molecular weight excluding hydrogens is 202 g/mol. The van der Waals surface area contributed by atoms with E-state index in [1.54, 1.807) is 0 Å². The second-order valence-electron chi connectivity index (χ2n) is 2.59. The van der Waals surface area contributed by atoms with Crippen LogP contribution in [-0.2, 0) is 11.3 Å². The maximum atomic E-state index is 10.9. The molecule has 0 radical (unpaired) electrons. The number of hydrogen-bond donors (Lipinski definition) is 1. The Morgan fingerprint density at radius 3 is 2.57 bits per heavy atom. The van der Waals surface area contributed by atoms with Gasteiger partial charge in [-0.3, -0.25) is 0 Å².